The summed E-state index contributed by atoms with van der Waals surface area (Å²) in [6.07, 6.45) is 0. The lowest BCUT2D eigenvalue weighted by Crippen LogP contribution is -2.41. The minimum absolute atomic E-state index is 0.103. The van der Waals surface area contributed by atoms with Crippen LogP contribution in [0.3, 0.4) is 0 Å². The molecule has 1 rings (SSSR count). The molecule has 1 aliphatic heterocycles. The molecule has 0 bridgehead atoms. The van der Waals surface area contributed by atoms with Crippen LogP contribution in [0.2, 0.25) is 0 Å². The molecule has 1 aliphatic rings. The predicted octanol–water partition coefficient (Wildman–Crippen LogP) is 0.826. The maximum atomic E-state index is 11.0. The third-order valence-corrected chi connectivity index (χ3v) is 4.90. The van der Waals surface area contributed by atoms with Crippen molar-refractivity contribution in [1.29, 1.82) is 0 Å². The molecule has 1 amide bonds. The molecular weight excluding hydrogens is 301 g/mol. The van der Waals surface area contributed by atoms with Gasteiger partial charge in [-0.25, -0.2) is 0 Å². The number of thiol groups is 1. The number of carbonyl (C=O) groups excluding carboxylic acids is 1. The Labute approximate surface area is 118 Å². The highest BCUT2D eigenvalue weighted by Gasteiger charge is 2.14. The molecule has 1 heterocycles. The molecule has 0 unspecified atom stereocenters. The molecule has 17 heavy (non-hydrogen) atoms. The largest absolute Gasteiger partial charge is 0.691 e. The van der Waals surface area contributed by atoms with Gasteiger partial charge in [0.25, 0.3) is 0 Å². The Morgan fingerprint density at radius 3 is 2.24 bits per heavy atom. The molecule has 0 saturated carbocycles. The third-order valence-electron chi connectivity index (χ3n) is 1.95. The van der Waals surface area contributed by atoms with E-state index in [4.69, 9.17) is 4.74 Å². The second kappa shape index (κ2) is 9.61. The fraction of sp³-hybridized carbons (Fsp3) is 0.875. The van der Waals surface area contributed by atoms with Crippen molar-refractivity contribution in [3.63, 3.8) is 0 Å². The quantitative estimate of drug-likeness (QED) is 0.472. The molecule has 0 aromatic carbocycles. The molecule has 1 fully saturated rings. The zero-order chi connectivity index (χ0) is 13.3. The van der Waals surface area contributed by atoms with Crippen molar-refractivity contribution in [2.45, 2.75) is 0 Å². The van der Waals surface area contributed by atoms with Gasteiger partial charge >= 0.3 is 0 Å². The van der Waals surface area contributed by atoms with Crippen LogP contribution >= 0.6 is 18.3 Å². The molecule has 0 atom stereocenters. The SMILES string of the molecule is COP(=S)([S-])OC.O=C(CS)N1CCOCC1. The van der Waals surface area contributed by atoms with Crippen molar-refractivity contribution >= 4 is 48.3 Å². The average Bonchev–Trinajstić information content (AvgIpc) is 2.39. The standard InChI is InChI=1S/C6H11NO2S.C2H7O2PS2/c8-6(5-10)7-1-3-9-4-2-7;1-3-5(6,7)4-2/h10H,1-5H2;1-2H3,(H,6,7)/p-1. The van der Waals surface area contributed by atoms with Crippen LogP contribution in [-0.2, 0) is 42.6 Å². The van der Waals surface area contributed by atoms with Crippen molar-refractivity contribution in [3.8, 4) is 0 Å². The Morgan fingerprint density at radius 1 is 1.47 bits per heavy atom. The minimum atomic E-state index is -2.24. The van der Waals surface area contributed by atoms with E-state index < -0.39 is 5.69 Å². The van der Waals surface area contributed by atoms with Crippen LogP contribution in [0.5, 0.6) is 0 Å². The topological polar surface area (TPSA) is 48.0 Å². The van der Waals surface area contributed by atoms with Crippen molar-refractivity contribution in [1.82, 2.24) is 4.90 Å². The van der Waals surface area contributed by atoms with Gasteiger partial charge in [0.15, 0.2) is 0 Å². The van der Waals surface area contributed by atoms with E-state index in [1.807, 2.05) is 0 Å². The first kappa shape index (κ1) is 17.7. The zero-order valence-electron chi connectivity index (χ0n) is 9.83. The van der Waals surface area contributed by atoms with Gasteiger partial charge in [0.2, 0.25) is 5.91 Å². The molecule has 0 aromatic rings. The summed E-state index contributed by atoms with van der Waals surface area (Å²) in [6.45, 7) is 2.78. The normalized spacial score (nSPS) is 16.1. The molecule has 1 saturated heterocycles. The molecule has 5 nitrogen and oxygen atoms in total. The van der Waals surface area contributed by atoms with E-state index in [9.17, 15) is 4.79 Å². The second-order valence-corrected chi connectivity index (χ2v) is 8.48. The molecule has 0 aliphatic carbocycles. The molecule has 0 radical (unpaired) electrons. The highest BCUT2D eigenvalue weighted by atomic mass is 32.9. The van der Waals surface area contributed by atoms with Crippen molar-refractivity contribution in [2.24, 2.45) is 0 Å². The van der Waals surface area contributed by atoms with Crippen LogP contribution in [0.25, 0.3) is 0 Å². The van der Waals surface area contributed by atoms with Crippen molar-refractivity contribution in [2.75, 3.05) is 46.3 Å². The highest BCUT2D eigenvalue weighted by Crippen LogP contribution is 2.43. The Balaban J connectivity index is 0.000000325. The van der Waals surface area contributed by atoms with Gasteiger partial charge in [-0.15, -0.1) is 0 Å². The lowest BCUT2D eigenvalue weighted by atomic mass is 10.4. The second-order valence-electron chi connectivity index (χ2n) is 2.96. The number of hydrogen-bond donors (Lipinski definition) is 1. The number of hydrogen-bond acceptors (Lipinski definition) is 7. The Bertz CT molecular complexity index is 265. The third kappa shape index (κ3) is 8.42. The summed E-state index contributed by atoms with van der Waals surface area (Å²) in [5, 5.41) is 0. The highest BCUT2D eigenvalue weighted by molar-refractivity contribution is 8.51. The summed E-state index contributed by atoms with van der Waals surface area (Å²) in [5.41, 5.74) is -2.24. The summed E-state index contributed by atoms with van der Waals surface area (Å²) in [7, 11) is 2.91. The zero-order valence-corrected chi connectivity index (χ0v) is 13.2. The summed E-state index contributed by atoms with van der Waals surface area (Å²) in [6, 6.07) is 0. The van der Waals surface area contributed by atoms with Gasteiger partial charge in [0, 0.05) is 27.3 Å². The smallest absolute Gasteiger partial charge is 0.232 e. The molecule has 102 valence electrons. The number of morpholine rings is 1. The number of amides is 1. The number of nitrogens with zero attached hydrogens (tertiary/aromatic N) is 1. The lowest BCUT2D eigenvalue weighted by molar-refractivity contribution is -0.132. The first-order chi connectivity index (χ1) is 7.96. The van der Waals surface area contributed by atoms with E-state index >= 15 is 0 Å². The lowest BCUT2D eigenvalue weighted by Gasteiger charge is -2.26. The summed E-state index contributed by atoms with van der Waals surface area (Å²) < 4.78 is 14.3. The molecule has 0 N–H and O–H groups in total. The number of carbonyl (C=O) groups is 1. The van der Waals surface area contributed by atoms with E-state index in [0.29, 0.717) is 19.0 Å². The average molecular weight is 318 g/mol. The van der Waals surface area contributed by atoms with Crippen LogP contribution < -0.4 is 0 Å². The minimum Gasteiger partial charge on any atom is -0.691 e. The van der Waals surface area contributed by atoms with Gasteiger partial charge in [0.05, 0.1) is 24.7 Å². The van der Waals surface area contributed by atoms with E-state index in [2.05, 4.69) is 45.7 Å². The Kier molecular flexibility index (Phi) is 10.0. The van der Waals surface area contributed by atoms with E-state index in [1.54, 1.807) is 4.90 Å². The van der Waals surface area contributed by atoms with Gasteiger partial charge in [-0.2, -0.15) is 12.6 Å². The first-order valence-electron chi connectivity index (χ1n) is 4.85. The van der Waals surface area contributed by atoms with Crippen LogP contribution in [0.1, 0.15) is 0 Å². The number of ether oxygens (including phenoxy) is 1. The van der Waals surface area contributed by atoms with Gasteiger partial charge in [-0.05, 0) is 0 Å². The maximum absolute atomic E-state index is 11.0. The van der Waals surface area contributed by atoms with Gasteiger partial charge < -0.3 is 30.9 Å². The Hall–Kier alpha value is 0.700. The van der Waals surface area contributed by atoms with Crippen LogP contribution in [0, 0.1) is 0 Å². The van der Waals surface area contributed by atoms with Crippen molar-refractivity contribution < 1.29 is 18.6 Å². The monoisotopic (exact) mass is 318 g/mol. The summed E-state index contributed by atoms with van der Waals surface area (Å²) in [4.78, 5) is 12.7. The first-order valence-corrected chi connectivity index (χ1v) is 9.14. The molecular formula is C8H17NO4PS3-. The van der Waals surface area contributed by atoms with Gasteiger partial charge in [0.1, 0.15) is 0 Å². The summed E-state index contributed by atoms with van der Waals surface area (Å²) >= 11 is 13.1. The van der Waals surface area contributed by atoms with E-state index in [1.165, 1.54) is 14.2 Å². The van der Waals surface area contributed by atoms with Gasteiger partial charge in [-0.3, -0.25) is 4.79 Å². The van der Waals surface area contributed by atoms with Crippen LogP contribution in [0.15, 0.2) is 0 Å². The number of rotatable bonds is 3. The van der Waals surface area contributed by atoms with Crippen molar-refractivity contribution in [3.05, 3.63) is 0 Å². The van der Waals surface area contributed by atoms with E-state index in [-0.39, 0.29) is 5.91 Å². The fourth-order valence-electron chi connectivity index (χ4n) is 0.987. The van der Waals surface area contributed by atoms with Crippen LogP contribution in [0.4, 0.5) is 0 Å². The van der Waals surface area contributed by atoms with Crippen LogP contribution in [-0.4, -0.2) is 57.1 Å². The Morgan fingerprint density at radius 2 is 1.94 bits per heavy atom. The predicted molar refractivity (Wildman–Crippen MR) is 76.9 cm³/mol. The molecule has 0 spiro atoms. The maximum Gasteiger partial charge on any atom is 0.232 e. The fourth-order valence-corrected chi connectivity index (χ4v) is 1.34. The summed E-state index contributed by atoms with van der Waals surface area (Å²) in [5.74, 6) is 0.409. The molecule has 9 heteroatoms. The van der Waals surface area contributed by atoms with E-state index in [0.717, 1.165) is 13.1 Å². The molecule has 0 aromatic heterocycles. The van der Waals surface area contributed by atoms with Gasteiger partial charge in [-0.1, -0.05) is 11.8 Å².